The van der Waals surface area contributed by atoms with E-state index in [1.807, 2.05) is 20.9 Å². The molecule has 0 unspecified atom stereocenters. The first-order chi connectivity index (χ1) is 9.84. The summed E-state index contributed by atoms with van der Waals surface area (Å²) in [7, 11) is -1.72. The van der Waals surface area contributed by atoms with Crippen molar-refractivity contribution in [2.45, 2.75) is 37.5 Å². The van der Waals surface area contributed by atoms with E-state index in [1.54, 1.807) is 12.1 Å². The molecule has 1 aliphatic rings. The molecule has 2 rings (SSSR count). The van der Waals surface area contributed by atoms with Gasteiger partial charge in [0.15, 0.2) is 0 Å². The minimum atomic E-state index is -3.53. The quantitative estimate of drug-likeness (QED) is 0.914. The summed E-state index contributed by atoms with van der Waals surface area (Å²) in [6.45, 7) is 5.08. The maximum Gasteiger partial charge on any atom is 0.243 e. The van der Waals surface area contributed by atoms with Crippen molar-refractivity contribution < 1.29 is 13.2 Å². The van der Waals surface area contributed by atoms with Gasteiger partial charge in [0, 0.05) is 24.7 Å². The molecule has 1 fully saturated rings. The van der Waals surface area contributed by atoms with Crippen LogP contribution in [0.25, 0.3) is 0 Å². The van der Waals surface area contributed by atoms with Gasteiger partial charge in [-0.05, 0) is 38.6 Å². The van der Waals surface area contributed by atoms with Crippen molar-refractivity contribution in [3.8, 4) is 0 Å². The second-order valence-electron chi connectivity index (χ2n) is 5.36. The molecule has 2 atom stereocenters. The van der Waals surface area contributed by atoms with E-state index in [0.29, 0.717) is 24.7 Å². The molecule has 1 saturated heterocycles. The van der Waals surface area contributed by atoms with E-state index >= 15 is 0 Å². The Balaban J connectivity index is 2.29. The number of rotatable bonds is 4. The second-order valence-corrected chi connectivity index (χ2v) is 7.71. The molecule has 1 aliphatic heterocycles. The van der Waals surface area contributed by atoms with Crippen molar-refractivity contribution in [3.05, 3.63) is 28.8 Å². The van der Waals surface area contributed by atoms with Gasteiger partial charge in [0.2, 0.25) is 10.0 Å². The average molecular weight is 333 g/mol. The van der Waals surface area contributed by atoms with E-state index in [0.717, 1.165) is 5.56 Å². The number of sulfonamides is 1. The summed E-state index contributed by atoms with van der Waals surface area (Å²) < 4.78 is 32.4. The largest absolute Gasteiger partial charge is 0.373 e. The number of halogens is 1. The highest BCUT2D eigenvalue weighted by molar-refractivity contribution is 7.89. The summed E-state index contributed by atoms with van der Waals surface area (Å²) in [6, 6.07) is 4.88. The fourth-order valence-corrected chi connectivity index (χ4v) is 4.43. The van der Waals surface area contributed by atoms with Crippen LogP contribution in [-0.2, 0) is 21.3 Å². The molecule has 1 aromatic carbocycles. The van der Waals surface area contributed by atoms with Crippen LogP contribution >= 0.6 is 11.6 Å². The van der Waals surface area contributed by atoms with Gasteiger partial charge in [-0.1, -0.05) is 17.7 Å². The molecule has 118 valence electrons. The molecule has 7 heteroatoms. The lowest BCUT2D eigenvalue weighted by Gasteiger charge is -2.34. The smallest absolute Gasteiger partial charge is 0.243 e. The third-order valence-electron chi connectivity index (χ3n) is 3.42. The topological polar surface area (TPSA) is 58.6 Å². The minimum absolute atomic E-state index is 0.109. The molecule has 0 aliphatic carbocycles. The summed E-state index contributed by atoms with van der Waals surface area (Å²) in [6.07, 6.45) is -0.217. The predicted molar refractivity (Wildman–Crippen MR) is 83.0 cm³/mol. The number of nitrogens with one attached hydrogen (secondary N) is 1. The van der Waals surface area contributed by atoms with Gasteiger partial charge >= 0.3 is 0 Å². The standard InChI is InChI=1S/C14H21ClN2O3S/c1-10-8-17(9-11(2)20-10)21(18,19)13-5-4-12(7-16-3)14(15)6-13/h4-6,10-11,16H,7-9H2,1-3H3/t10-,11+. The van der Waals surface area contributed by atoms with Gasteiger partial charge in [-0.3, -0.25) is 0 Å². The lowest BCUT2D eigenvalue weighted by atomic mass is 10.2. The fourth-order valence-electron chi connectivity index (χ4n) is 2.50. The fraction of sp³-hybridized carbons (Fsp3) is 0.571. The monoisotopic (exact) mass is 332 g/mol. The SMILES string of the molecule is CNCc1ccc(S(=O)(=O)N2C[C@@H](C)O[C@@H](C)C2)cc1Cl. The van der Waals surface area contributed by atoms with Gasteiger partial charge in [0.05, 0.1) is 17.1 Å². The van der Waals surface area contributed by atoms with E-state index in [-0.39, 0.29) is 17.1 Å². The molecule has 0 spiro atoms. The van der Waals surface area contributed by atoms with E-state index in [2.05, 4.69) is 5.32 Å². The van der Waals surface area contributed by atoms with Crippen molar-refractivity contribution in [3.63, 3.8) is 0 Å². The zero-order valence-corrected chi connectivity index (χ0v) is 14.0. The van der Waals surface area contributed by atoms with Gasteiger partial charge < -0.3 is 10.1 Å². The summed E-state index contributed by atoms with van der Waals surface area (Å²) >= 11 is 6.16. The van der Waals surface area contributed by atoms with Gasteiger partial charge in [0.25, 0.3) is 0 Å². The van der Waals surface area contributed by atoms with Crippen molar-refractivity contribution in [1.29, 1.82) is 0 Å². The summed E-state index contributed by atoms with van der Waals surface area (Å²) in [5.74, 6) is 0. The molecule has 1 heterocycles. The van der Waals surface area contributed by atoms with E-state index in [1.165, 1.54) is 10.4 Å². The predicted octanol–water partition coefficient (Wildman–Crippen LogP) is 1.86. The third-order valence-corrected chi connectivity index (χ3v) is 5.60. The van der Waals surface area contributed by atoms with Crippen LogP contribution in [0.2, 0.25) is 5.02 Å². The molecule has 1 N–H and O–H groups in total. The molecule has 0 aromatic heterocycles. The normalized spacial score (nSPS) is 24.2. The zero-order valence-electron chi connectivity index (χ0n) is 12.5. The third kappa shape index (κ3) is 3.76. The second kappa shape index (κ2) is 6.62. The Kier molecular flexibility index (Phi) is 5.27. The molecule has 0 amide bonds. The Labute approximate surface area is 131 Å². The van der Waals surface area contributed by atoms with Gasteiger partial charge in [-0.15, -0.1) is 0 Å². The average Bonchev–Trinajstić information content (AvgIpc) is 2.40. The highest BCUT2D eigenvalue weighted by atomic mass is 35.5. The van der Waals surface area contributed by atoms with Crippen LogP contribution in [0, 0.1) is 0 Å². The maximum atomic E-state index is 12.7. The molecule has 0 radical (unpaired) electrons. The van der Waals surface area contributed by atoms with Gasteiger partial charge in [0.1, 0.15) is 0 Å². The summed E-state index contributed by atoms with van der Waals surface area (Å²) in [5, 5.41) is 3.46. The van der Waals surface area contributed by atoms with Gasteiger partial charge in [-0.2, -0.15) is 4.31 Å². The minimum Gasteiger partial charge on any atom is -0.373 e. The highest BCUT2D eigenvalue weighted by Crippen LogP contribution is 2.25. The number of morpholine rings is 1. The number of hydrogen-bond acceptors (Lipinski definition) is 4. The molecular formula is C14H21ClN2O3S. The molecule has 0 bridgehead atoms. The van der Waals surface area contributed by atoms with E-state index < -0.39 is 10.0 Å². The van der Waals surface area contributed by atoms with Crippen molar-refractivity contribution in [2.75, 3.05) is 20.1 Å². The first kappa shape index (κ1) is 16.7. The molecule has 1 aromatic rings. The Morgan fingerprint density at radius 2 is 1.95 bits per heavy atom. The molecule has 5 nitrogen and oxygen atoms in total. The molecule has 21 heavy (non-hydrogen) atoms. The van der Waals surface area contributed by atoms with Crippen LogP contribution in [0.1, 0.15) is 19.4 Å². The van der Waals surface area contributed by atoms with Gasteiger partial charge in [-0.25, -0.2) is 8.42 Å². The summed E-state index contributed by atoms with van der Waals surface area (Å²) in [4.78, 5) is 0.230. The first-order valence-corrected chi connectivity index (χ1v) is 8.75. The Morgan fingerprint density at radius 3 is 2.48 bits per heavy atom. The lowest BCUT2D eigenvalue weighted by molar-refractivity contribution is -0.0440. The maximum absolute atomic E-state index is 12.7. The van der Waals surface area contributed by atoms with Crippen molar-refractivity contribution in [1.82, 2.24) is 9.62 Å². The van der Waals surface area contributed by atoms with Crippen LogP contribution in [0.3, 0.4) is 0 Å². The summed E-state index contributed by atoms with van der Waals surface area (Å²) in [5.41, 5.74) is 0.877. The van der Waals surface area contributed by atoms with Crippen molar-refractivity contribution >= 4 is 21.6 Å². The van der Waals surface area contributed by atoms with Crippen LogP contribution in [-0.4, -0.2) is 45.1 Å². The number of benzene rings is 1. The highest BCUT2D eigenvalue weighted by Gasteiger charge is 2.32. The number of hydrogen-bond donors (Lipinski definition) is 1. The van der Waals surface area contributed by atoms with Crippen LogP contribution < -0.4 is 5.32 Å². The lowest BCUT2D eigenvalue weighted by Crippen LogP contribution is -2.48. The Bertz CT molecular complexity index is 596. The number of ether oxygens (including phenoxy) is 1. The Hall–Kier alpha value is -0.660. The van der Waals surface area contributed by atoms with Crippen molar-refractivity contribution in [2.24, 2.45) is 0 Å². The zero-order chi connectivity index (χ0) is 15.6. The molecule has 0 saturated carbocycles. The van der Waals surface area contributed by atoms with E-state index in [9.17, 15) is 8.42 Å². The Morgan fingerprint density at radius 1 is 1.33 bits per heavy atom. The van der Waals surface area contributed by atoms with E-state index in [4.69, 9.17) is 16.3 Å². The first-order valence-electron chi connectivity index (χ1n) is 6.93. The van der Waals surface area contributed by atoms with Crippen LogP contribution in [0.5, 0.6) is 0 Å². The van der Waals surface area contributed by atoms with Crippen LogP contribution in [0.15, 0.2) is 23.1 Å². The molecular weight excluding hydrogens is 312 g/mol. The number of nitrogens with zero attached hydrogens (tertiary/aromatic N) is 1. The van der Waals surface area contributed by atoms with Crippen LogP contribution in [0.4, 0.5) is 0 Å².